The molecule has 44 heavy (non-hydrogen) atoms. The fourth-order valence-corrected chi connectivity index (χ4v) is 10.1. The van der Waals surface area contributed by atoms with Gasteiger partial charge < -0.3 is 25.7 Å². The Balaban J connectivity index is 0.000000271. The van der Waals surface area contributed by atoms with Crippen molar-refractivity contribution in [2.24, 2.45) is 46.3 Å². The molecule has 5 N–H and O–H groups in total. The lowest BCUT2D eigenvalue weighted by molar-refractivity contribution is -0.143. The molecule has 4 aliphatic carbocycles. The molecule has 0 aromatic rings. The first-order valence-corrected chi connectivity index (χ1v) is 18.1. The van der Waals surface area contributed by atoms with Crippen LogP contribution >= 0.6 is 12.6 Å². The number of nitrogens with one attached hydrogen (secondary N) is 1. The number of fused-ring (bicyclic) bond motifs is 5. The standard InChI is InChI=1S/C27H46S.C5H11NO2.C4H6O4/c1-18(2)7-6-8-19(3)23-11-12-24-22-10-9-20-17-21(28)13-15-26(20,4)25(22)14-16-27(23,24)5;7-3-4-1-5(8)2-6-4;5-3(6)1-2-4(7)8/h9,18-19,21-25,28H,6-8,10-17H2,1-5H3;4-8H,1-3H2;1-2H2,(H,5,6)(H,7,8)/t19-,21?,22?,23-,24?,25?,26+,27-;4-,5?;/m10./s1. The van der Waals surface area contributed by atoms with Crippen molar-refractivity contribution in [3.63, 3.8) is 0 Å². The summed E-state index contributed by atoms with van der Waals surface area (Å²) in [5, 5.41) is 36.7. The number of carboxylic acids is 2. The molecule has 0 aromatic heterocycles. The highest BCUT2D eigenvalue weighted by molar-refractivity contribution is 7.80. The van der Waals surface area contributed by atoms with Gasteiger partial charge in [0.15, 0.2) is 0 Å². The van der Waals surface area contributed by atoms with Gasteiger partial charge in [-0.3, -0.25) is 9.59 Å². The quantitative estimate of drug-likeness (QED) is 0.119. The van der Waals surface area contributed by atoms with Crippen LogP contribution < -0.4 is 5.32 Å². The molecule has 5 unspecified atom stereocenters. The molecule has 0 radical (unpaired) electrons. The fourth-order valence-electron chi connectivity index (χ4n) is 9.82. The van der Waals surface area contributed by atoms with Crippen molar-refractivity contribution in [3.8, 4) is 0 Å². The lowest BCUT2D eigenvalue weighted by atomic mass is 9.47. The van der Waals surface area contributed by atoms with Crippen LogP contribution in [0.25, 0.3) is 0 Å². The number of hydrogen-bond acceptors (Lipinski definition) is 6. The van der Waals surface area contributed by atoms with E-state index in [1.165, 1.54) is 70.6 Å². The van der Waals surface area contributed by atoms with Crippen LogP contribution in [0.1, 0.15) is 125 Å². The van der Waals surface area contributed by atoms with E-state index < -0.39 is 11.9 Å². The van der Waals surface area contributed by atoms with Gasteiger partial charge in [0.25, 0.3) is 0 Å². The number of carboxylic acid groups (broad SMARTS) is 2. The second-order valence-electron chi connectivity index (χ2n) is 15.7. The molecular weight excluding hydrogens is 574 g/mol. The largest absolute Gasteiger partial charge is 0.481 e. The number of aliphatic hydroxyl groups is 2. The molecule has 1 saturated heterocycles. The third-order valence-corrected chi connectivity index (χ3v) is 12.7. The Labute approximate surface area is 272 Å². The first-order chi connectivity index (χ1) is 20.7. The number of carbonyl (C=O) groups is 2. The molecule has 10 atom stereocenters. The smallest absolute Gasteiger partial charge is 0.303 e. The van der Waals surface area contributed by atoms with Gasteiger partial charge >= 0.3 is 11.9 Å². The van der Waals surface area contributed by atoms with Gasteiger partial charge in [-0.25, -0.2) is 0 Å². The monoisotopic (exact) mass is 637 g/mol. The second kappa shape index (κ2) is 16.6. The summed E-state index contributed by atoms with van der Waals surface area (Å²) in [5.74, 6) is 3.54. The van der Waals surface area contributed by atoms with E-state index in [1.807, 2.05) is 0 Å². The zero-order valence-corrected chi connectivity index (χ0v) is 29.0. The van der Waals surface area contributed by atoms with E-state index in [-0.39, 0.29) is 31.6 Å². The maximum atomic E-state index is 9.64. The highest BCUT2D eigenvalue weighted by Crippen LogP contribution is 2.67. The van der Waals surface area contributed by atoms with E-state index in [4.69, 9.17) is 33.1 Å². The molecule has 5 aliphatic rings. The Morgan fingerprint density at radius 3 is 2.23 bits per heavy atom. The van der Waals surface area contributed by atoms with Gasteiger partial charge in [-0.1, -0.05) is 65.5 Å². The third-order valence-electron chi connectivity index (χ3n) is 12.3. The average molecular weight is 638 g/mol. The van der Waals surface area contributed by atoms with E-state index in [1.54, 1.807) is 5.57 Å². The van der Waals surface area contributed by atoms with Crippen LogP contribution in [0.2, 0.25) is 0 Å². The number of hydrogen-bond donors (Lipinski definition) is 6. The van der Waals surface area contributed by atoms with Gasteiger partial charge in [0.2, 0.25) is 0 Å². The van der Waals surface area contributed by atoms with E-state index in [0.29, 0.717) is 29.0 Å². The Hall–Kier alpha value is -1.09. The summed E-state index contributed by atoms with van der Waals surface area (Å²) in [6.45, 7) is 13.5. The highest BCUT2D eigenvalue weighted by Gasteiger charge is 2.59. The van der Waals surface area contributed by atoms with Crippen LogP contribution in [-0.4, -0.2) is 62.9 Å². The first kappa shape index (κ1) is 37.4. The number of aliphatic hydroxyl groups excluding tert-OH is 2. The van der Waals surface area contributed by atoms with Gasteiger partial charge in [0.05, 0.1) is 25.6 Å². The Morgan fingerprint density at radius 1 is 1.00 bits per heavy atom. The molecule has 0 aromatic carbocycles. The van der Waals surface area contributed by atoms with E-state index in [2.05, 4.69) is 46.0 Å². The number of thiol groups is 1. The molecule has 7 nitrogen and oxygen atoms in total. The lowest BCUT2D eigenvalue weighted by Gasteiger charge is -2.58. The van der Waals surface area contributed by atoms with E-state index in [0.717, 1.165) is 35.5 Å². The SMILES string of the molecule is CC(C)CCC[C@@H](C)[C@H]1CCC2C3CC=C4CC(S)CC[C@]4(C)C3CC[C@@]21C.O=C(O)CCC(=O)O.OC[C@@H]1CC(O)CN1. The summed E-state index contributed by atoms with van der Waals surface area (Å²) >= 11 is 4.84. The van der Waals surface area contributed by atoms with Crippen LogP contribution in [0.5, 0.6) is 0 Å². The van der Waals surface area contributed by atoms with Crippen molar-refractivity contribution in [3.05, 3.63) is 11.6 Å². The van der Waals surface area contributed by atoms with Crippen LogP contribution in [0.3, 0.4) is 0 Å². The second-order valence-corrected chi connectivity index (χ2v) is 16.4. The molecule has 254 valence electrons. The maximum Gasteiger partial charge on any atom is 0.303 e. The number of aliphatic carboxylic acids is 2. The van der Waals surface area contributed by atoms with Gasteiger partial charge in [-0.2, -0.15) is 12.6 Å². The Bertz CT molecular complexity index is 958. The minimum atomic E-state index is -1.08. The molecule has 4 fully saturated rings. The summed E-state index contributed by atoms with van der Waals surface area (Å²) in [7, 11) is 0. The maximum absolute atomic E-state index is 9.64. The number of allylic oxidation sites excluding steroid dienone is 2. The summed E-state index contributed by atoms with van der Waals surface area (Å²) in [5.41, 5.74) is 2.92. The Morgan fingerprint density at radius 2 is 1.68 bits per heavy atom. The molecule has 0 amide bonds. The predicted molar refractivity (Wildman–Crippen MR) is 180 cm³/mol. The first-order valence-electron chi connectivity index (χ1n) is 17.5. The fraction of sp³-hybridized carbons (Fsp3) is 0.889. The van der Waals surface area contributed by atoms with Crippen LogP contribution in [0.4, 0.5) is 0 Å². The third kappa shape index (κ3) is 9.48. The number of β-amino-alcohol motifs (C(OH)–C–C–N with tert-alkyl or cyclic N) is 1. The predicted octanol–water partition coefficient (Wildman–Crippen LogP) is 6.96. The van der Waals surface area contributed by atoms with Crippen LogP contribution in [-0.2, 0) is 9.59 Å². The summed E-state index contributed by atoms with van der Waals surface area (Å²) in [4.78, 5) is 19.3. The van der Waals surface area contributed by atoms with E-state index in [9.17, 15) is 9.59 Å². The molecule has 5 rings (SSSR count). The topological polar surface area (TPSA) is 127 Å². The molecule has 1 heterocycles. The van der Waals surface area contributed by atoms with Crippen LogP contribution in [0.15, 0.2) is 11.6 Å². The lowest BCUT2D eigenvalue weighted by Crippen LogP contribution is -2.50. The van der Waals surface area contributed by atoms with Crippen LogP contribution in [0, 0.1) is 46.3 Å². The van der Waals surface area contributed by atoms with Gasteiger partial charge in [-0.15, -0.1) is 0 Å². The van der Waals surface area contributed by atoms with Crippen molar-refractivity contribution in [2.75, 3.05) is 13.2 Å². The average Bonchev–Trinajstić information content (AvgIpc) is 3.55. The van der Waals surface area contributed by atoms with Gasteiger partial charge in [0.1, 0.15) is 0 Å². The van der Waals surface area contributed by atoms with Crippen molar-refractivity contribution in [2.45, 2.75) is 142 Å². The van der Waals surface area contributed by atoms with Crippen molar-refractivity contribution < 1.29 is 30.0 Å². The molecule has 3 saturated carbocycles. The minimum absolute atomic E-state index is 0.130. The summed E-state index contributed by atoms with van der Waals surface area (Å²) in [6.07, 6.45) is 18.3. The normalized spacial score (nSPS) is 38.1. The molecule has 8 heteroatoms. The van der Waals surface area contributed by atoms with Crippen molar-refractivity contribution in [1.29, 1.82) is 0 Å². The number of rotatable bonds is 9. The highest BCUT2D eigenvalue weighted by atomic mass is 32.1. The molecule has 0 spiro atoms. The molecule has 0 bridgehead atoms. The Kier molecular flexibility index (Phi) is 14.1. The summed E-state index contributed by atoms with van der Waals surface area (Å²) in [6, 6.07) is 0.130. The van der Waals surface area contributed by atoms with Gasteiger partial charge in [-0.05, 0) is 104 Å². The molecule has 1 aliphatic heterocycles. The van der Waals surface area contributed by atoms with E-state index >= 15 is 0 Å². The van der Waals surface area contributed by atoms with Gasteiger partial charge in [0, 0.05) is 17.8 Å². The summed E-state index contributed by atoms with van der Waals surface area (Å²) < 4.78 is 0. The van der Waals surface area contributed by atoms with Crippen molar-refractivity contribution in [1.82, 2.24) is 5.32 Å². The zero-order valence-electron chi connectivity index (χ0n) is 28.1. The molecular formula is C36H63NO6S. The minimum Gasteiger partial charge on any atom is -0.481 e. The zero-order chi connectivity index (χ0) is 32.7. The van der Waals surface area contributed by atoms with Crippen molar-refractivity contribution >= 4 is 24.6 Å².